The molecule has 2 aliphatic rings. The molecule has 102 valence electrons. The zero-order valence-corrected chi connectivity index (χ0v) is 11.4. The Labute approximate surface area is 114 Å². The largest absolute Gasteiger partial charge is 0.370 e. The van der Waals surface area contributed by atoms with Crippen molar-refractivity contribution in [1.82, 2.24) is 9.97 Å². The van der Waals surface area contributed by atoms with Crippen LogP contribution in [0.25, 0.3) is 0 Å². The Hall–Kier alpha value is -1.58. The number of rotatable bonds is 6. The van der Waals surface area contributed by atoms with Gasteiger partial charge < -0.3 is 10.6 Å². The minimum absolute atomic E-state index is 0.634. The molecule has 1 aromatic heterocycles. The summed E-state index contributed by atoms with van der Waals surface area (Å²) >= 11 is 0. The maximum absolute atomic E-state index is 4.27. The molecule has 0 aliphatic heterocycles. The van der Waals surface area contributed by atoms with Crippen molar-refractivity contribution in [2.45, 2.75) is 51.0 Å². The first-order chi connectivity index (χ1) is 9.40. The third-order valence-electron chi connectivity index (χ3n) is 3.73. The standard InChI is InChI=1S/C15H22N4/c1-2-4-12(5-3-1)8-9-16-14-10-15(18-11-17-14)19-13-6-7-13/h4,10-11,13H,1-3,5-9H2,(H2,16,17,18,19). The van der Waals surface area contributed by atoms with Crippen molar-refractivity contribution in [3.63, 3.8) is 0 Å². The lowest BCUT2D eigenvalue weighted by molar-refractivity contribution is 0.679. The average molecular weight is 258 g/mol. The van der Waals surface area contributed by atoms with Crippen LogP contribution in [0.15, 0.2) is 24.0 Å². The smallest absolute Gasteiger partial charge is 0.131 e. The quantitative estimate of drug-likeness (QED) is 0.768. The zero-order valence-electron chi connectivity index (χ0n) is 11.4. The lowest BCUT2D eigenvalue weighted by Crippen LogP contribution is -2.08. The highest BCUT2D eigenvalue weighted by Gasteiger charge is 2.21. The van der Waals surface area contributed by atoms with Crippen LogP contribution in [0.5, 0.6) is 0 Å². The van der Waals surface area contributed by atoms with Crippen LogP contribution in [0, 0.1) is 0 Å². The molecule has 0 unspecified atom stereocenters. The van der Waals surface area contributed by atoms with Gasteiger partial charge in [0.15, 0.2) is 0 Å². The third-order valence-corrected chi connectivity index (χ3v) is 3.73. The molecule has 19 heavy (non-hydrogen) atoms. The highest BCUT2D eigenvalue weighted by atomic mass is 15.1. The van der Waals surface area contributed by atoms with E-state index in [1.807, 2.05) is 6.07 Å². The maximum Gasteiger partial charge on any atom is 0.131 e. The summed E-state index contributed by atoms with van der Waals surface area (Å²) in [6.45, 7) is 0.964. The maximum atomic E-state index is 4.27. The molecule has 4 nitrogen and oxygen atoms in total. The van der Waals surface area contributed by atoms with Crippen LogP contribution in [-0.4, -0.2) is 22.6 Å². The lowest BCUT2D eigenvalue weighted by atomic mass is 9.97. The molecule has 3 rings (SSSR count). The minimum Gasteiger partial charge on any atom is -0.370 e. The number of hydrogen-bond donors (Lipinski definition) is 2. The third kappa shape index (κ3) is 3.94. The second kappa shape index (κ2) is 6.04. The van der Waals surface area contributed by atoms with Gasteiger partial charge >= 0.3 is 0 Å². The van der Waals surface area contributed by atoms with E-state index in [-0.39, 0.29) is 0 Å². The normalized spacial score (nSPS) is 18.8. The van der Waals surface area contributed by atoms with Crippen molar-refractivity contribution < 1.29 is 0 Å². The molecule has 0 radical (unpaired) electrons. The second-order valence-corrected chi connectivity index (χ2v) is 5.49. The number of aromatic nitrogens is 2. The van der Waals surface area contributed by atoms with Gasteiger partial charge in [-0.15, -0.1) is 0 Å². The molecule has 0 bridgehead atoms. The highest BCUT2D eigenvalue weighted by Crippen LogP contribution is 2.24. The summed E-state index contributed by atoms with van der Waals surface area (Å²) in [6.07, 6.45) is 13.0. The van der Waals surface area contributed by atoms with Crippen molar-refractivity contribution in [3.05, 3.63) is 24.0 Å². The van der Waals surface area contributed by atoms with E-state index in [9.17, 15) is 0 Å². The van der Waals surface area contributed by atoms with Gasteiger partial charge in [0.1, 0.15) is 18.0 Å². The molecule has 1 fully saturated rings. The number of nitrogens with zero attached hydrogens (tertiary/aromatic N) is 2. The molecule has 0 saturated heterocycles. The van der Waals surface area contributed by atoms with Gasteiger partial charge in [0, 0.05) is 18.7 Å². The van der Waals surface area contributed by atoms with Gasteiger partial charge in [-0.3, -0.25) is 0 Å². The molecular formula is C15H22N4. The van der Waals surface area contributed by atoms with Crippen LogP contribution in [0.2, 0.25) is 0 Å². The van der Waals surface area contributed by atoms with Crippen molar-refractivity contribution in [1.29, 1.82) is 0 Å². The molecule has 0 aromatic carbocycles. The van der Waals surface area contributed by atoms with Gasteiger partial charge in [-0.25, -0.2) is 9.97 Å². The van der Waals surface area contributed by atoms with Gasteiger partial charge in [0.05, 0.1) is 0 Å². The summed E-state index contributed by atoms with van der Waals surface area (Å²) < 4.78 is 0. The Kier molecular flexibility index (Phi) is 3.96. The fourth-order valence-corrected chi connectivity index (χ4v) is 2.45. The van der Waals surface area contributed by atoms with Crippen LogP contribution >= 0.6 is 0 Å². The summed E-state index contributed by atoms with van der Waals surface area (Å²) in [7, 11) is 0. The van der Waals surface area contributed by atoms with Crippen molar-refractivity contribution in [2.24, 2.45) is 0 Å². The summed E-state index contributed by atoms with van der Waals surface area (Å²) in [5, 5.41) is 6.79. The predicted octanol–water partition coefficient (Wildman–Crippen LogP) is 3.35. The predicted molar refractivity (Wildman–Crippen MR) is 78.3 cm³/mol. The Bertz CT molecular complexity index is 451. The zero-order chi connectivity index (χ0) is 12.9. The summed E-state index contributed by atoms with van der Waals surface area (Å²) in [4.78, 5) is 8.51. The first-order valence-corrected chi connectivity index (χ1v) is 7.40. The molecule has 1 heterocycles. The first-order valence-electron chi connectivity index (χ1n) is 7.40. The van der Waals surface area contributed by atoms with Crippen LogP contribution in [0.4, 0.5) is 11.6 Å². The average Bonchev–Trinajstić information content (AvgIpc) is 3.24. The van der Waals surface area contributed by atoms with Crippen LogP contribution in [0.3, 0.4) is 0 Å². The SMILES string of the molecule is C1=C(CCNc2cc(NC3CC3)ncn2)CCCC1. The van der Waals surface area contributed by atoms with E-state index < -0.39 is 0 Å². The van der Waals surface area contributed by atoms with E-state index in [0.29, 0.717) is 6.04 Å². The van der Waals surface area contributed by atoms with Gasteiger partial charge in [-0.05, 0) is 44.9 Å². The first kappa shape index (κ1) is 12.5. The fourth-order valence-electron chi connectivity index (χ4n) is 2.45. The highest BCUT2D eigenvalue weighted by molar-refractivity contribution is 5.47. The van der Waals surface area contributed by atoms with E-state index in [2.05, 4.69) is 26.7 Å². The van der Waals surface area contributed by atoms with Crippen molar-refractivity contribution in [2.75, 3.05) is 17.2 Å². The van der Waals surface area contributed by atoms with Crippen molar-refractivity contribution in [3.8, 4) is 0 Å². The van der Waals surface area contributed by atoms with E-state index in [1.54, 1.807) is 11.9 Å². The Morgan fingerprint density at radius 2 is 2.05 bits per heavy atom. The minimum atomic E-state index is 0.634. The fraction of sp³-hybridized carbons (Fsp3) is 0.600. The van der Waals surface area contributed by atoms with Crippen LogP contribution < -0.4 is 10.6 Å². The van der Waals surface area contributed by atoms with Crippen LogP contribution in [0.1, 0.15) is 44.9 Å². The number of anilines is 2. The van der Waals surface area contributed by atoms with Gasteiger partial charge in [-0.1, -0.05) is 11.6 Å². The molecule has 0 amide bonds. The van der Waals surface area contributed by atoms with Gasteiger partial charge in [0.2, 0.25) is 0 Å². The van der Waals surface area contributed by atoms with E-state index in [4.69, 9.17) is 0 Å². The van der Waals surface area contributed by atoms with Gasteiger partial charge in [-0.2, -0.15) is 0 Å². The molecule has 0 atom stereocenters. The molecule has 2 aliphatic carbocycles. The lowest BCUT2D eigenvalue weighted by Gasteiger charge is -2.13. The van der Waals surface area contributed by atoms with Crippen molar-refractivity contribution >= 4 is 11.6 Å². The van der Waals surface area contributed by atoms with E-state index in [1.165, 1.54) is 38.5 Å². The molecule has 0 spiro atoms. The summed E-state index contributed by atoms with van der Waals surface area (Å²) in [5.74, 6) is 1.87. The molecule has 1 saturated carbocycles. The summed E-state index contributed by atoms with van der Waals surface area (Å²) in [6, 6.07) is 2.64. The van der Waals surface area contributed by atoms with E-state index in [0.717, 1.165) is 24.6 Å². The number of allylic oxidation sites excluding steroid dienone is 1. The number of nitrogens with one attached hydrogen (secondary N) is 2. The monoisotopic (exact) mass is 258 g/mol. The Balaban J connectivity index is 1.47. The molecule has 2 N–H and O–H groups in total. The molecule has 1 aromatic rings. The number of hydrogen-bond acceptors (Lipinski definition) is 4. The Morgan fingerprint density at radius 3 is 2.84 bits per heavy atom. The summed E-state index contributed by atoms with van der Waals surface area (Å²) in [5.41, 5.74) is 1.60. The second-order valence-electron chi connectivity index (χ2n) is 5.49. The molecular weight excluding hydrogens is 236 g/mol. The van der Waals surface area contributed by atoms with Crippen LogP contribution in [-0.2, 0) is 0 Å². The molecule has 4 heteroatoms. The van der Waals surface area contributed by atoms with Gasteiger partial charge in [0.25, 0.3) is 0 Å². The topological polar surface area (TPSA) is 49.8 Å². The Morgan fingerprint density at radius 1 is 1.16 bits per heavy atom. The van der Waals surface area contributed by atoms with E-state index >= 15 is 0 Å².